The minimum Gasteiger partial charge on any atom is -0.379 e. The number of oxime groups is 1. The maximum Gasteiger partial charge on any atom is 0.272 e. The molecule has 2 heterocycles. The fourth-order valence-electron chi connectivity index (χ4n) is 2.16. The van der Waals surface area contributed by atoms with Crippen LogP contribution in [0.5, 0.6) is 0 Å². The second-order valence-corrected chi connectivity index (χ2v) is 5.32. The summed E-state index contributed by atoms with van der Waals surface area (Å²) in [6.07, 6.45) is 0.235. The molecular weight excluding hydrogens is 289 g/mol. The van der Waals surface area contributed by atoms with Gasteiger partial charge in [-0.3, -0.25) is 4.79 Å². The zero-order valence-electron chi connectivity index (χ0n) is 12.1. The van der Waals surface area contributed by atoms with Crippen molar-refractivity contribution in [2.24, 2.45) is 5.16 Å². The molecule has 3 rings (SSSR count). The molecule has 6 nitrogen and oxygen atoms in total. The van der Waals surface area contributed by atoms with E-state index in [2.05, 4.69) is 15.6 Å². The summed E-state index contributed by atoms with van der Waals surface area (Å²) in [6, 6.07) is 7.60. The van der Waals surface area contributed by atoms with E-state index in [4.69, 9.17) is 9.36 Å². The molecule has 0 saturated heterocycles. The van der Waals surface area contributed by atoms with Gasteiger partial charge in [-0.25, -0.2) is 4.39 Å². The molecule has 1 amide bonds. The van der Waals surface area contributed by atoms with Crippen LogP contribution in [-0.2, 0) is 9.63 Å². The van der Waals surface area contributed by atoms with E-state index in [1.165, 1.54) is 12.1 Å². The van der Waals surface area contributed by atoms with Crippen molar-refractivity contribution >= 4 is 17.4 Å². The molecule has 1 aromatic carbocycles. The Kier molecular flexibility index (Phi) is 3.40. The number of nitrogens with zero attached hydrogens (tertiary/aromatic N) is 2. The Bertz CT molecular complexity index is 756. The first-order valence-corrected chi connectivity index (χ1v) is 6.72. The van der Waals surface area contributed by atoms with E-state index in [9.17, 15) is 9.18 Å². The third-order valence-corrected chi connectivity index (χ3v) is 3.37. The Labute approximate surface area is 125 Å². The molecule has 114 valence electrons. The van der Waals surface area contributed by atoms with Crippen LogP contribution in [0.3, 0.4) is 0 Å². The highest BCUT2D eigenvalue weighted by Gasteiger charge is 2.42. The maximum absolute atomic E-state index is 13.3. The summed E-state index contributed by atoms with van der Waals surface area (Å²) >= 11 is 0. The quantitative estimate of drug-likeness (QED) is 0.945. The van der Waals surface area contributed by atoms with Gasteiger partial charge < -0.3 is 14.7 Å². The number of hydrogen-bond acceptors (Lipinski definition) is 5. The van der Waals surface area contributed by atoms with Gasteiger partial charge in [0.05, 0.1) is 5.71 Å². The average molecular weight is 303 g/mol. The van der Waals surface area contributed by atoms with Crippen molar-refractivity contribution < 1.29 is 18.5 Å². The summed E-state index contributed by atoms with van der Waals surface area (Å²) in [5, 5.41) is 10.2. The van der Waals surface area contributed by atoms with Gasteiger partial charge in [-0.15, -0.1) is 0 Å². The lowest BCUT2D eigenvalue weighted by molar-refractivity contribution is -0.136. The molecule has 0 aliphatic carbocycles. The highest BCUT2D eigenvalue weighted by atomic mass is 19.1. The Balaban J connectivity index is 1.72. The van der Waals surface area contributed by atoms with Crippen LogP contribution in [-0.4, -0.2) is 22.4 Å². The second kappa shape index (κ2) is 5.25. The van der Waals surface area contributed by atoms with Gasteiger partial charge in [0.25, 0.3) is 5.91 Å². The lowest BCUT2D eigenvalue weighted by Gasteiger charge is -2.19. The first-order chi connectivity index (χ1) is 10.5. The number of nitrogens with one attached hydrogen (secondary N) is 1. The SMILES string of the molecule is Cc1cc(NC(=O)C2(C)CC(c3cccc(F)c3)=NO2)no1. The van der Waals surface area contributed by atoms with E-state index in [-0.39, 0.29) is 12.2 Å². The smallest absolute Gasteiger partial charge is 0.272 e. The van der Waals surface area contributed by atoms with E-state index in [0.29, 0.717) is 22.9 Å². The van der Waals surface area contributed by atoms with Gasteiger partial charge in [-0.05, 0) is 26.0 Å². The first kappa shape index (κ1) is 14.2. The Hall–Kier alpha value is -2.70. The molecule has 0 radical (unpaired) electrons. The largest absolute Gasteiger partial charge is 0.379 e. The molecule has 1 aliphatic heterocycles. The van der Waals surface area contributed by atoms with Crippen LogP contribution in [0.1, 0.15) is 24.7 Å². The molecule has 0 fully saturated rings. The van der Waals surface area contributed by atoms with Crippen molar-refractivity contribution in [3.05, 3.63) is 47.5 Å². The summed E-state index contributed by atoms with van der Waals surface area (Å²) in [4.78, 5) is 17.6. The molecule has 1 aromatic heterocycles. The number of hydrogen-bond donors (Lipinski definition) is 1. The minimum atomic E-state index is -1.17. The number of benzene rings is 1. The zero-order chi connectivity index (χ0) is 15.7. The molecule has 7 heteroatoms. The Morgan fingerprint density at radius 2 is 2.23 bits per heavy atom. The molecule has 0 saturated carbocycles. The van der Waals surface area contributed by atoms with E-state index >= 15 is 0 Å². The number of anilines is 1. The fourth-order valence-corrected chi connectivity index (χ4v) is 2.16. The molecule has 1 N–H and O–H groups in total. The van der Waals surface area contributed by atoms with Crippen molar-refractivity contribution in [1.82, 2.24) is 5.16 Å². The zero-order valence-corrected chi connectivity index (χ0v) is 12.1. The Morgan fingerprint density at radius 1 is 1.41 bits per heavy atom. The van der Waals surface area contributed by atoms with Crippen LogP contribution in [0, 0.1) is 12.7 Å². The van der Waals surface area contributed by atoms with Crippen LogP contribution >= 0.6 is 0 Å². The topological polar surface area (TPSA) is 76.7 Å². The maximum atomic E-state index is 13.3. The summed E-state index contributed by atoms with van der Waals surface area (Å²) in [5.41, 5.74) is -0.0589. The van der Waals surface area contributed by atoms with E-state index in [0.717, 1.165) is 0 Å². The number of aryl methyl sites for hydroxylation is 1. The minimum absolute atomic E-state index is 0.235. The van der Waals surface area contributed by atoms with Gasteiger partial charge in [-0.2, -0.15) is 0 Å². The van der Waals surface area contributed by atoms with Gasteiger partial charge in [0, 0.05) is 18.1 Å². The van der Waals surface area contributed by atoms with Crippen molar-refractivity contribution in [2.75, 3.05) is 5.32 Å². The van der Waals surface area contributed by atoms with E-state index < -0.39 is 11.5 Å². The van der Waals surface area contributed by atoms with Gasteiger partial charge in [0.1, 0.15) is 11.6 Å². The number of aromatic nitrogens is 1. The molecule has 0 spiro atoms. The third kappa shape index (κ3) is 2.69. The van der Waals surface area contributed by atoms with E-state index in [1.807, 2.05) is 0 Å². The van der Waals surface area contributed by atoms with Gasteiger partial charge in [0.15, 0.2) is 5.82 Å². The first-order valence-electron chi connectivity index (χ1n) is 6.72. The van der Waals surface area contributed by atoms with Crippen LogP contribution in [0.25, 0.3) is 0 Å². The number of rotatable bonds is 3. The summed E-state index contributed by atoms with van der Waals surface area (Å²) in [7, 11) is 0. The highest BCUT2D eigenvalue weighted by Crippen LogP contribution is 2.28. The van der Waals surface area contributed by atoms with Gasteiger partial charge >= 0.3 is 0 Å². The van der Waals surface area contributed by atoms with Gasteiger partial charge in [-0.1, -0.05) is 22.4 Å². The Morgan fingerprint density at radius 3 is 2.91 bits per heavy atom. The number of carbonyl (C=O) groups excluding carboxylic acids is 1. The monoisotopic (exact) mass is 303 g/mol. The summed E-state index contributed by atoms with van der Waals surface area (Å²) in [6.45, 7) is 3.34. The summed E-state index contributed by atoms with van der Waals surface area (Å²) in [5.74, 6) is 0.142. The predicted molar refractivity (Wildman–Crippen MR) is 76.9 cm³/mol. The standard InChI is InChI=1S/C15H14FN3O3/c1-9-6-13(19-21-9)17-14(20)15(2)8-12(18-22-15)10-4-3-5-11(16)7-10/h3-7H,8H2,1-2H3,(H,17,19,20). The molecule has 1 atom stereocenters. The molecule has 2 aromatic rings. The number of carbonyl (C=O) groups is 1. The van der Waals surface area contributed by atoms with Crippen molar-refractivity contribution in [1.29, 1.82) is 0 Å². The van der Waals surface area contributed by atoms with Crippen LogP contribution in [0.15, 0.2) is 40.0 Å². The lowest BCUT2D eigenvalue weighted by atomic mass is 9.95. The van der Waals surface area contributed by atoms with Crippen LogP contribution < -0.4 is 5.32 Å². The lowest BCUT2D eigenvalue weighted by Crippen LogP contribution is -2.40. The second-order valence-electron chi connectivity index (χ2n) is 5.32. The number of halogens is 1. The molecule has 0 bridgehead atoms. The van der Waals surface area contributed by atoms with Crippen molar-refractivity contribution in [2.45, 2.75) is 25.9 Å². The molecule has 1 unspecified atom stereocenters. The molecule has 22 heavy (non-hydrogen) atoms. The third-order valence-electron chi connectivity index (χ3n) is 3.37. The normalized spacial score (nSPS) is 20.4. The van der Waals surface area contributed by atoms with E-state index in [1.54, 1.807) is 32.0 Å². The number of amides is 1. The predicted octanol–water partition coefficient (Wildman–Crippen LogP) is 2.64. The highest BCUT2D eigenvalue weighted by molar-refractivity contribution is 6.07. The van der Waals surface area contributed by atoms with Crippen LogP contribution in [0.4, 0.5) is 10.2 Å². The summed E-state index contributed by atoms with van der Waals surface area (Å²) < 4.78 is 18.2. The van der Waals surface area contributed by atoms with Crippen molar-refractivity contribution in [3.63, 3.8) is 0 Å². The van der Waals surface area contributed by atoms with Gasteiger partial charge in [0.2, 0.25) is 5.60 Å². The molecular formula is C15H14FN3O3. The van der Waals surface area contributed by atoms with Crippen molar-refractivity contribution in [3.8, 4) is 0 Å². The molecule has 1 aliphatic rings. The average Bonchev–Trinajstić information content (AvgIpc) is 3.06. The fraction of sp³-hybridized carbons (Fsp3) is 0.267. The van der Waals surface area contributed by atoms with Crippen LogP contribution in [0.2, 0.25) is 0 Å².